The van der Waals surface area contributed by atoms with Crippen LogP contribution in [0.15, 0.2) is 12.1 Å². The van der Waals surface area contributed by atoms with Crippen molar-refractivity contribution in [2.45, 2.75) is 12.8 Å². The second-order valence-corrected chi connectivity index (χ2v) is 4.98. The monoisotopic (exact) mass is 291 g/mol. The topological polar surface area (TPSA) is 20.3 Å². The molecule has 0 bridgehead atoms. The Hall–Kier alpha value is -1.23. The van der Waals surface area contributed by atoms with Crippen LogP contribution in [0.1, 0.15) is 23.2 Å². The van der Waals surface area contributed by atoms with Gasteiger partial charge in [0.15, 0.2) is 17.5 Å². The van der Waals surface area contributed by atoms with Crippen molar-refractivity contribution in [3.05, 3.63) is 35.1 Å². The fourth-order valence-corrected chi connectivity index (χ4v) is 2.58. The highest BCUT2D eigenvalue weighted by Crippen LogP contribution is 2.23. The lowest BCUT2D eigenvalue weighted by Gasteiger charge is -2.17. The molecule has 1 aromatic rings. The molecular formula is C13H13ClF3NO. The van der Waals surface area contributed by atoms with Gasteiger partial charge in [-0.05, 0) is 30.9 Å². The lowest BCUT2D eigenvalue weighted by Crippen LogP contribution is -2.29. The van der Waals surface area contributed by atoms with E-state index in [4.69, 9.17) is 11.6 Å². The zero-order valence-electron chi connectivity index (χ0n) is 10.1. The molecule has 1 heterocycles. The Morgan fingerprint density at radius 2 is 2.05 bits per heavy atom. The molecule has 1 aliphatic rings. The number of nitrogens with zero attached hydrogens (tertiary/aromatic N) is 1. The maximum atomic E-state index is 13.5. The number of benzene rings is 1. The molecule has 0 spiro atoms. The van der Waals surface area contributed by atoms with Crippen LogP contribution in [0.5, 0.6) is 0 Å². The zero-order chi connectivity index (χ0) is 14.0. The van der Waals surface area contributed by atoms with E-state index in [2.05, 4.69) is 0 Å². The highest BCUT2D eigenvalue weighted by molar-refractivity contribution is 6.17. The highest BCUT2D eigenvalue weighted by Gasteiger charge is 2.29. The minimum Gasteiger partial charge on any atom is -0.338 e. The molecule has 0 saturated carbocycles. The Morgan fingerprint density at radius 1 is 1.32 bits per heavy atom. The Morgan fingerprint density at radius 3 is 2.74 bits per heavy atom. The van der Waals surface area contributed by atoms with Crippen LogP contribution >= 0.6 is 11.6 Å². The van der Waals surface area contributed by atoms with E-state index in [1.165, 1.54) is 4.90 Å². The number of carbonyl (C=O) groups is 1. The summed E-state index contributed by atoms with van der Waals surface area (Å²) in [5.41, 5.74) is -0.426. The quantitative estimate of drug-likeness (QED) is 0.619. The number of hydrogen-bond acceptors (Lipinski definition) is 1. The van der Waals surface area contributed by atoms with Crippen molar-refractivity contribution in [1.29, 1.82) is 0 Å². The van der Waals surface area contributed by atoms with Crippen LogP contribution in [-0.4, -0.2) is 29.8 Å². The molecule has 1 amide bonds. The molecule has 19 heavy (non-hydrogen) atoms. The zero-order valence-corrected chi connectivity index (χ0v) is 10.9. The van der Waals surface area contributed by atoms with Gasteiger partial charge in [-0.15, -0.1) is 11.6 Å². The SMILES string of the molecule is O=C(c1ccc(F)c(F)c1F)N1CCC(CCCl)C1. The summed E-state index contributed by atoms with van der Waals surface area (Å²) >= 11 is 5.63. The average molecular weight is 292 g/mol. The molecule has 6 heteroatoms. The van der Waals surface area contributed by atoms with Gasteiger partial charge in [-0.3, -0.25) is 4.79 Å². The first-order valence-electron chi connectivity index (χ1n) is 6.03. The van der Waals surface area contributed by atoms with Gasteiger partial charge in [-0.25, -0.2) is 13.2 Å². The molecule has 2 nitrogen and oxygen atoms in total. The van der Waals surface area contributed by atoms with E-state index in [9.17, 15) is 18.0 Å². The van der Waals surface area contributed by atoms with E-state index < -0.39 is 28.9 Å². The van der Waals surface area contributed by atoms with Gasteiger partial charge in [-0.1, -0.05) is 0 Å². The predicted molar refractivity (Wildman–Crippen MR) is 65.7 cm³/mol. The minimum absolute atomic E-state index is 0.287. The smallest absolute Gasteiger partial charge is 0.256 e. The van der Waals surface area contributed by atoms with Gasteiger partial charge >= 0.3 is 0 Å². The van der Waals surface area contributed by atoms with Gasteiger partial charge in [0, 0.05) is 19.0 Å². The van der Waals surface area contributed by atoms with Crippen molar-refractivity contribution in [2.75, 3.05) is 19.0 Å². The number of rotatable bonds is 3. The number of alkyl halides is 1. The summed E-state index contributed by atoms with van der Waals surface area (Å²) in [5, 5.41) is 0. The summed E-state index contributed by atoms with van der Waals surface area (Å²) in [4.78, 5) is 13.5. The van der Waals surface area contributed by atoms with Gasteiger partial charge in [0.25, 0.3) is 5.91 Å². The summed E-state index contributed by atoms with van der Waals surface area (Å²) in [6.45, 7) is 0.961. The fourth-order valence-electron chi connectivity index (χ4n) is 2.27. The van der Waals surface area contributed by atoms with Gasteiger partial charge in [0.2, 0.25) is 0 Å². The third-order valence-electron chi connectivity index (χ3n) is 3.36. The van der Waals surface area contributed by atoms with E-state index >= 15 is 0 Å². The summed E-state index contributed by atoms with van der Waals surface area (Å²) in [5.74, 6) is -4.14. The molecule has 1 unspecified atom stereocenters. The Balaban J connectivity index is 2.15. The van der Waals surface area contributed by atoms with Crippen molar-refractivity contribution in [3.8, 4) is 0 Å². The number of hydrogen-bond donors (Lipinski definition) is 0. The molecule has 0 aliphatic carbocycles. The van der Waals surface area contributed by atoms with Crippen LogP contribution in [0, 0.1) is 23.4 Å². The van der Waals surface area contributed by atoms with Crippen LogP contribution in [0.3, 0.4) is 0 Å². The number of carbonyl (C=O) groups excluding carboxylic acids is 1. The second kappa shape index (κ2) is 5.82. The minimum atomic E-state index is -1.61. The van der Waals surface area contributed by atoms with Crippen LogP contribution in [0.2, 0.25) is 0 Å². The van der Waals surface area contributed by atoms with Gasteiger partial charge in [0.1, 0.15) is 0 Å². The summed E-state index contributed by atoms with van der Waals surface area (Å²) in [6.07, 6.45) is 1.58. The molecule has 1 saturated heterocycles. The predicted octanol–water partition coefficient (Wildman–Crippen LogP) is 3.19. The molecule has 1 fully saturated rings. The molecule has 1 atom stereocenters. The number of amides is 1. The third kappa shape index (κ3) is 2.86. The molecule has 0 N–H and O–H groups in total. The first kappa shape index (κ1) is 14.2. The largest absolute Gasteiger partial charge is 0.338 e. The maximum absolute atomic E-state index is 13.5. The third-order valence-corrected chi connectivity index (χ3v) is 3.57. The van der Waals surface area contributed by atoms with E-state index in [0.29, 0.717) is 19.0 Å². The van der Waals surface area contributed by atoms with E-state index in [1.54, 1.807) is 0 Å². The molecule has 2 rings (SSSR count). The van der Waals surface area contributed by atoms with Crippen molar-refractivity contribution < 1.29 is 18.0 Å². The van der Waals surface area contributed by atoms with E-state index in [-0.39, 0.29) is 5.92 Å². The Kier molecular flexibility index (Phi) is 4.34. The van der Waals surface area contributed by atoms with Crippen molar-refractivity contribution in [1.82, 2.24) is 4.90 Å². The lowest BCUT2D eigenvalue weighted by molar-refractivity contribution is 0.0781. The summed E-state index contributed by atoms with van der Waals surface area (Å²) < 4.78 is 39.4. The maximum Gasteiger partial charge on any atom is 0.256 e. The van der Waals surface area contributed by atoms with Gasteiger partial charge < -0.3 is 4.90 Å². The molecular weight excluding hydrogens is 279 g/mol. The summed E-state index contributed by atoms with van der Waals surface area (Å²) in [7, 11) is 0. The molecule has 1 aromatic carbocycles. The molecule has 1 aliphatic heterocycles. The van der Waals surface area contributed by atoms with Gasteiger partial charge in [0.05, 0.1) is 5.56 Å². The van der Waals surface area contributed by atoms with Crippen LogP contribution < -0.4 is 0 Å². The standard InChI is InChI=1S/C13H13ClF3NO/c14-5-3-8-4-6-18(7-8)13(19)9-1-2-10(15)12(17)11(9)16/h1-2,8H,3-7H2. The van der Waals surface area contributed by atoms with Crippen molar-refractivity contribution in [3.63, 3.8) is 0 Å². The van der Waals surface area contributed by atoms with E-state index in [1.807, 2.05) is 0 Å². The molecule has 0 radical (unpaired) electrons. The Bertz CT molecular complexity index is 495. The highest BCUT2D eigenvalue weighted by atomic mass is 35.5. The lowest BCUT2D eigenvalue weighted by atomic mass is 10.1. The number of halogens is 4. The fraction of sp³-hybridized carbons (Fsp3) is 0.462. The Labute approximate surface area is 114 Å². The van der Waals surface area contributed by atoms with Crippen LogP contribution in [0.4, 0.5) is 13.2 Å². The number of likely N-dealkylation sites (tertiary alicyclic amines) is 1. The summed E-state index contributed by atoms with van der Waals surface area (Å²) in [6, 6.07) is 1.74. The first-order valence-corrected chi connectivity index (χ1v) is 6.56. The van der Waals surface area contributed by atoms with Crippen molar-refractivity contribution in [2.24, 2.45) is 5.92 Å². The molecule has 0 aromatic heterocycles. The normalized spacial score (nSPS) is 18.9. The van der Waals surface area contributed by atoms with Crippen LogP contribution in [0.25, 0.3) is 0 Å². The van der Waals surface area contributed by atoms with Gasteiger partial charge in [-0.2, -0.15) is 0 Å². The first-order chi connectivity index (χ1) is 9.04. The van der Waals surface area contributed by atoms with Crippen molar-refractivity contribution >= 4 is 17.5 Å². The molecule has 104 valence electrons. The average Bonchev–Trinajstić information content (AvgIpc) is 2.85. The van der Waals surface area contributed by atoms with Crippen LogP contribution in [-0.2, 0) is 0 Å². The van der Waals surface area contributed by atoms with E-state index in [0.717, 1.165) is 25.0 Å². The second-order valence-electron chi connectivity index (χ2n) is 4.61.